The molecule has 0 saturated carbocycles. The van der Waals surface area contributed by atoms with E-state index in [0.717, 1.165) is 16.9 Å². The molecule has 1 heterocycles. The van der Waals surface area contributed by atoms with Gasteiger partial charge < -0.3 is 5.11 Å². The maximum Gasteiger partial charge on any atom is 0.310 e. The van der Waals surface area contributed by atoms with Crippen molar-refractivity contribution in [1.29, 1.82) is 0 Å². The quantitative estimate of drug-likeness (QED) is 0.431. The number of benzene rings is 2. The van der Waals surface area contributed by atoms with Crippen LogP contribution in [0.2, 0.25) is 0 Å². The van der Waals surface area contributed by atoms with Crippen molar-refractivity contribution in [3.05, 3.63) is 84.8 Å². The number of non-ortho nitro benzene ring substituents is 1. The lowest BCUT2D eigenvalue weighted by molar-refractivity contribution is -0.384. The molecule has 0 atom stereocenters. The minimum atomic E-state index is -0.509. The second kappa shape index (κ2) is 7.10. The number of hydrogen-bond donors (Lipinski definition) is 1. The van der Waals surface area contributed by atoms with Crippen molar-refractivity contribution in [1.82, 2.24) is 4.57 Å². The molecular weight excluding hydrogens is 342 g/mol. The van der Waals surface area contributed by atoms with Crippen LogP contribution < -0.4 is 4.87 Å². The zero-order valence-corrected chi connectivity index (χ0v) is 13.7. The molecule has 0 unspecified atom stereocenters. The first-order chi connectivity index (χ1) is 12.0. The normalized spacial score (nSPS) is 11.0. The molecular formula is C17H13N3O4S. The first kappa shape index (κ1) is 16.6. The van der Waals surface area contributed by atoms with E-state index >= 15 is 0 Å². The Morgan fingerprint density at radius 1 is 1.20 bits per heavy atom. The van der Waals surface area contributed by atoms with Gasteiger partial charge in [-0.15, -0.1) is 0 Å². The van der Waals surface area contributed by atoms with Crippen LogP contribution in [0.3, 0.4) is 0 Å². The molecule has 3 aromatic rings. The highest BCUT2D eigenvalue weighted by Gasteiger charge is 2.13. The average molecular weight is 355 g/mol. The van der Waals surface area contributed by atoms with Gasteiger partial charge >= 0.3 is 4.87 Å². The SMILES string of the molecule is O=c1sc(C=Nc2cccc([N+](=O)[O-])c2)c(O)n1Cc1ccccc1. The minimum Gasteiger partial charge on any atom is -0.493 e. The Bertz CT molecular complexity index is 993. The average Bonchev–Trinajstić information content (AvgIpc) is 2.89. The molecule has 0 spiro atoms. The summed E-state index contributed by atoms with van der Waals surface area (Å²) in [6, 6.07) is 15.1. The summed E-state index contributed by atoms with van der Waals surface area (Å²) in [7, 11) is 0. The molecule has 0 aliphatic rings. The summed E-state index contributed by atoms with van der Waals surface area (Å²) in [5.41, 5.74) is 1.18. The van der Waals surface area contributed by atoms with Gasteiger partial charge in [0, 0.05) is 12.1 Å². The van der Waals surface area contributed by atoms with Gasteiger partial charge in [-0.05, 0) is 11.6 Å². The Morgan fingerprint density at radius 2 is 1.96 bits per heavy atom. The number of aromatic hydroxyl groups is 1. The van der Waals surface area contributed by atoms with Crippen LogP contribution in [0.4, 0.5) is 11.4 Å². The largest absolute Gasteiger partial charge is 0.493 e. The third kappa shape index (κ3) is 3.81. The van der Waals surface area contributed by atoms with Crippen molar-refractivity contribution in [2.24, 2.45) is 4.99 Å². The minimum absolute atomic E-state index is 0.0753. The van der Waals surface area contributed by atoms with Crippen molar-refractivity contribution in [2.45, 2.75) is 6.54 Å². The lowest BCUT2D eigenvalue weighted by Crippen LogP contribution is -2.13. The van der Waals surface area contributed by atoms with Crippen LogP contribution >= 0.6 is 11.3 Å². The van der Waals surface area contributed by atoms with E-state index in [1.165, 1.54) is 29.0 Å². The number of rotatable bonds is 5. The maximum absolute atomic E-state index is 12.1. The molecule has 3 rings (SSSR count). The Hall–Kier alpha value is -3.26. The van der Waals surface area contributed by atoms with Crippen LogP contribution in [-0.4, -0.2) is 20.8 Å². The highest BCUT2D eigenvalue weighted by atomic mass is 32.1. The molecule has 7 nitrogen and oxygen atoms in total. The summed E-state index contributed by atoms with van der Waals surface area (Å²) in [5, 5.41) is 21.0. The summed E-state index contributed by atoms with van der Waals surface area (Å²) in [6.07, 6.45) is 1.34. The Morgan fingerprint density at radius 3 is 2.68 bits per heavy atom. The van der Waals surface area contributed by atoms with Crippen LogP contribution in [0, 0.1) is 10.1 Å². The van der Waals surface area contributed by atoms with Crippen LogP contribution in [0.5, 0.6) is 5.88 Å². The fourth-order valence-electron chi connectivity index (χ4n) is 2.22. The molecule has 25 heavy (non-hydrogen) atoms. The van der Waals surface area contributed by atoms with E-state index in [0.29, 0.717) is 10.6 Å². The van der Waals surface area contributed by atoms with Crippen molar-refractivity contribution >= 4 is 28.9 Å². The van der Waals surface area contributed by atoms with E-state index in [1.54, 1.807) is 6.07 Å². The molecule has 0 aliphatic heterocycles. The van der Waals surface area contributed by atoms with Gasteiger partial charge in [0.2, 0.25) is 5.88 Å². The Kier molecular flexibility index (Phi) is 4.71. The van der Waals surface area contributed by atoms with E-state index in [4.69, 9.17) is 0 Å². The number of aromatic nitrogens is 1. The molecule has 0 fully saturated rings. The molecule has 8 heteroatoms. The molecule has 1 N–H and O–H groups in total. The highest BCUT2D eigenvalue weighted by molar-refractivity contribution is 7.11. The standard InChI is InChI=1S/C17H13N3O4S/c21-16-15(10-18-13-7-4-8-14(9-13)20(23)24)25-17(22)19(16)11-12-5-2-1-3-6-12/h1-10,21H,11H2. The number of nitrogens with zero attached hydrogens (tertiary/aromatic N) is 3. The molecule has 0 saturated heterocycles. The first-order valence-electron chi connectivity index (χ1n) is 7.29. The van der Waals surface area contributed by atoms with Crippen molar-refractivity contribution < 1.29 is 10.0 Å². The van der Waals surface area contributed by atoms with Gasteiger partial charge in [0.1, 0.15) is 4.88 Å². The molecule has 0 amide bonds. The van der Waals surface area contributed by atoms with Gasteiger partial charge in [-0.3, -0.25) is 24.5 Å². The second-order valence-electron chi connectivity index (χ2n) is 5.16. The third-order valence-corrected chi connectivity index (χ3v) is 4.35. The number of nitro benzene ring substituents is 1. The molecule has 0 aliphatic carbocycles. The van der Waals surface area contributed by atoms with Gasteiger partial charge in [0.25, 0.3) is 5.69 Å². The zero-order valence-electron chi connectivity index (χ0n) is 12.9. The first-order valence-corrected chi connectivity index (χ1v) is 8.11. The van der Waals surface area contributed by atoms with Gasteiger partial charge in [0.05, 0.1) is 23.4 Å². The number of nitro groups is 1. The van der Waals surface area contributed by atoms with Crippen LogP contribution in [0.15, 0.2) is 64.4 Å². The zero-order chi connectivity index (χ0) is 17.8. The lowest BCUT2D eigenvalue weighted by Gasteiger charge is -2.03. The van der Waals surface area contributed by atoms with Crippen molar-refractivity contribution in [2.75, 3.05) is 0 Å². The molecule has 2 aromatic carbocycles. The maximum atomic E-state index is 12.1. The fourth-order valence-corrected chi connectivity index (χ4v) is 2.98. The topological polar surface area (TPSA) is 97.7 Å². The number of aliphatic imine (C=N–C) groups is 1. The molecule has 126 valence electrons. The van der Waals surface area contributed by atoms with Crippen LogP contribution in [0.1, 0.15) is 10.4 Å². The van der Waals surface area contributed by atoms with Crippen molar-refractivity contribution in [3.8, 4) is 5.88 Å². The summed E-state index contributed by atoms with van der Waals surface area (Å²) in [5.74, 6) is -0.173. The van der Waals surface area contributed by atoms with E-state index in [1.807, 2.05) is 30.3 Å². The number of thiazole rings is 1. The Labute approximate surface area is 146 Å². The second-order valence-corrected chi connectivity index (χ2v) is 6.16. The lowest BCUT2D eigenvalue weighted by atomic mass is 10.2. The predicted octanol–water partition coefficient (Wildman–Crippen LogP) is 3.32. The molecule has 0 radical (unpaired) electrons. The van der Waals surface area contributed by atoms with Crippen molar-refractivity contribution in [3.63, 3.8) is 0 Å². The van der Waals surface area contributed by atoms with Crippen LogP contribution in [0.25, 0.3) is 0 Å². The Balaban J connectivity index is 1.87. The smallest absolute Gasteiger partial charge is 0.310 e. The van der Waals surface area contributed by atoms with E-state index in [-0.39, 0.29) is 23.0 Å². The highest BCUT2D eigenvalue weighted by Crippen LogP contribution is 2.22. The van der Waals surface area contributed by atoms with Gasteiger partial charge in [-0.25, -0.2) is 0 Å². The van der Waals surface area contributed by atoms with E-state index < -0.39 is 4.92 Å². The monoisotopic (exact) mass is 355 g/mol. The van der Waals surface area contributed by atoms with Crippen LogP contribution in [-0.2, 0) is 6.54 Å². The summed E-state index contributed by atoms with van der Waals surface area (Å²) in [4.78, 5) is 26.5. The summed E-state index contributed by atoms with van der Waals surface area (Å²) >= 11 is 0.864. The van der Waals surface area contributed by atoms with Gasteiger partial charge in [-0.2, -0.15) is 0 Å². The van der Waals surface area contributed by atoms with Gasteiger partial charge in [0.15, 0.2) is 0 Å². The van der Waals surface area contributed by atoms with E-state index in [2.05, 4.69) is 4.99 Å². The predicted molar refractivity (Wildman–Crippen MR) is 96.1 cm³/mol. The molecule has 1 aromatic heterocycles. The molecule has 0 bridgehead atoms. The number of hydrogen-bond acceptors (Lipinski definition) is 6. The summed E-state index contributed by atoms with van der Waals surface area (Å²) in [6.45, 7) is 0.257. The summed E-state index contributed by atoms with van der Waals surface area (Å²) < 4.78 is 1.26. The van der Waals surface area contributed by atoms with Gasteiger partial charge in [-0.1, -0.05) is 47.7 Å². The van der Waals surface area contributed by atoms with E-state index in [9.17, 15) is 20.0 Å². The fraction of sp³-hybridized carbons (Fsp3) is 0.0588. The third-order valence-electron chi connectivity index (χ3n) is 3.45.